The van der Waals surface area contributed by atoms with Crippen molar-refractivity contribution < 1.29 is 4.74 Å². The van der Waals surface area contributed by atoms with Gasteiger partial charge >= 0.3 is 0 Å². The average Bonchev–Trinajstić information content (AvgIpc) is 2.41. The fourth-order valence-corrected chi connectivity index (χ4v) is 2.08. The van der Waals surface area contributed by atoms with Crippen molar-refractivity contribution in [3.8, 4) is 0 Å². The molecule has 0 bridgehead atoms. The van der Waals surface area contributed by atoms with Gasteiger partial charge in [0.2, 0.25) is 0 Å². The Labute approximate surface area is 102 Å². The van der Waals surface area contributed by atoms with Gasteiger partial charge in [-0.1, -0.05) is 13.0 Å². The largest absolute Gasteiger partial charge is 0.496 e. The van der Waals surface area contributed by atoms with Crippen LogP contribution in [-0.2, 0) is 11.2 Å². The molecular formula is C13H19N3O. The summed E-state index contributed by atoms with van der Waals surface area (Å²) in [6.45, 7) is 2.88. The molecule has 1 aliphatic rings. The first-order valence-corrected chi connectivity index (χ1v) is 6.09. The predicted molar refractivity (Wildman–Crippen MR) is 66.9 cm³/mol. The van der Waals surface area contributed by atoms with Gasteiger partial charge in [0, 0.05) is 6.20 Å². The number of ether oxygens (including phenoxy) is 1. The molecule has 4 nitrogen and oxygen atoms in total. The van der Waals surface area contributed by atoms with Crippen molar-refractivity contribution >= 4 is 0 Å². The van der Waals surface area contributed by atoms with E-state index in [9.17, 15) is 0 Å². The van der Waals surface area contributed by atoms with Gasteiger partial charge in [0.1, 0.15) is 11.8 Å². The molecule has 2 heterocycles. The monoisotopic (exact) mass is 233 g/mol. The molecule has 1 unspecified atom stereocenters. The molecule has 2 rings (SSSR count). The molecule has 1 atom stereocenters. The van der Waals surface area contributed by atoms with Crippen LogP contribution in [0.3, 0.4) is 0 Å². The lowest BCUT2D eigenvalue weighted by Crippen LogP contribution is -2.32. The Bertz CT molecular complexity index is 403. The lowest BCUT2D eigenvalue weighted by molar-refractivity contribution is 0.166. The van der Waals surface area contributed by atoms with Crippen LogP contribution in [0, 0.1) is 0 Å². The third-order valence-electron chi connectivity index (χ3n) is 2.99. The highest BCUT2D eigenvalue weighted by Crippen LogP contribution is 2.26. The summed E-state index contributed by atoms with van der Waals surface area (Å²) in [6, 6.07) is 3.90. The number of pyridine rings is 1. The number of nitrogens with one attached hydrogen (secondary N) is 1. The summed E-state index contributed by atoms with van der Waals surface area (Å²) in [7, 11) is 0. The number of hydrogen-bond acceptors (Lipinski definition) is 4. The van der Waals surface area contributed by atoms with Crippen molar-refractivity contribution in [2.75, 3.05) is 6.61 Å². The average molecular weight is 233 g/mol. The Hall–Kier alpha value is -1.39. The number of hydrogen-bond donors (Lipinski definition) is 2. The Morgan fingerprint density at radius 2 is 2.47 bits per heavy atom. The van der Waals surface area contributed by atoms with Gasteiger partial charge in [-0.05, 0) is 37.0 Å². The summed E-state index contributed by atoms with van der Waals surface area (Å²) in [4.78, 5) is 4.43. The normalized spacial score (nSPS) is 17.2. The molecule has 1 aromatic rings. The highest BCUT2D eigenvalue weighted by molar-refractivity contribution is 5.28. The van der Waals surface area contributed by atoms with Crippen LogP contribution < -0.4 is 11.3 Å². The molecule has 3 N–H and O–H groups in total. The summed E-state index contributed by atoms with van der Waals surface area (Å²) in [5, 5.41) is 0. The third kappa shape index (κ3) is 2.65. The number of allylic oxidation sites excluding steroid dienone is 1. The highest BCUT2D eigenvalue weighted by atomic mass is 16.5. The predicted octanol–water partition coefficient (Wildman–Crippen LogP) is 1.84. The van der Waals surface area contributed by atoms with E-state index in [0.29, 0.717) is 0 Å². The van der Waals surface area contributed by atoms with Gasteiger partial charge < -0.3 is 4.74 Å². The van der Waals surface area contributed by atoms with E-state index in [4.69, 9.17) is 10.6 Å². The standard InChI is InChI=1S/C13H19N3O/c1-2-10-6-5-8-15-12(10)13(16-14)11-7-3-4-9-17-11/h5-8,13,16H,2-4,9,14H2,1H3. The molecule has 4 heteroatoms. The van der Waals surface area contributed by atoms with Crippen molar-refractivity contribution in [2.45, 2.75) is 32.2 Å². The number of aryl methyl sites for hydroxylation is 1. The van der Waals surface area contributed by atoms with Crippen LogP contribution in [0.4, 0.5) is 0 Å². The van der Waals surface area contributed by atoms with E-state index in [0.717, 1.165) is 37.3 Å². The molecule has 0 fully saturated rings. The second-order valence-electron chi connectivity index (χ2n) is 4.10. The van der Waals surface area contributed by atoms with E-state index in [1.807, 2.05) is 6.07 Å². The van der Waals surface area contributed by atoms with Crippen LogP contribution in [0.1, 0.15) is 37.1 Å². The van der Waals surface area contributed by atoms with E-state index in [1.165, 1.54) is 5.56 Å². The van der Waals surface area contributed by atoms with E-state index < -0.39 is 0 Å². The maximum absolute atomic E-state index is 5.66. The zero-order valence-corrected chi connectivity index (χ0v) is 10.1. The van der Waals surface area contributed by atoms with Crippen LogP contribution in [0.15, 0.2) is 30.2 Å². The van der Waals surface area contributed by atoms with Crippen molar-refractivity contribution in [1.29, 1.82) is 0 Å². The Morgan fingerprint density at radius 1 is 1.59 bits per heavy atom. The van der Waals surface area contributed by atoms with Gasteiger partial charge in [-0.25, -0.2) is 5.43 Å². The molecule has 1 aliphatic heterocycles. The zero-order valence-electron chi connectivity index (χ0n) is 10.1. The van der Waals surface area contributed by atoms with Crippen LogP contribution in [-0.4, -0.2) is 11.6 Å². The summed E-state index contributed by atoms with van der Waals surface area (Å²) >= 11 is 0. The maximum atomic E-state index is 5.66. The molecule has 0 spiro atoms. The first-order chi connectivity index (χ1) is 8.36. The van der Waals surface area contributed by atoms with Crippen molar-refractivity contribution in [3.63, 3.8) is 0 Å². The lowest BCUT2D eigenvalue weighted by atomic mass is 10.0. The van der Waals surface area contributed by atoms with Crippen molar-refractivity contribution in [3.05, 3.63) is 41.4 Å². The zero-order chi connectivity index (χ0) is 12.1. The molecule has 0 saturated carbocycles. The second-order valence-corrected chi connectivity index (χ2v) is 4.10. The number of nitrogens with two attached hydrogens (primary N) is 1. The van der Waals surface area contributed by atoms with Gasteiger partial charge in [-0.2, -0.15) is 0 Å². The van der Waals surface area contributed by atoms with Gasteiger partial charge in [-0.3, -0.25) is 10.8 Å². The Kier molecular flexibility index (Phi) is 4.12. The molecule has 0 aliphatic carbocycles. The number of hydrazine groups is 1. The Balaban J connectivity index is 2.31. The van der Waals surface area contributed by atoms with Crippen molar-refractivity contribution in [1.82, 2.24) is 10.4 Å². The molecule has 0 aromatic carbocycles. The molecule has 0 amide bonds. The third-order valence-corrected chi connectivity index (χ3v) is 2.99. The molecular weight excluding hydrogens is 214 g/mol. The minimum atomic E-state index is -0.133. The summed E-state index contributed by atoms with van der Waals surface area (Å²) in [5.41, 5.74) is 4.97. The minimum absolute atomic E-state index is 0.133. The maximum Gasteiger partial charge on any atom is 0.120 e. The first kappa shape index (κ1) is 12.1. The lowest BCUT2D eigenvalue weighted by Gasteiger charge is -2.24. The fourth-order valence-electron chi connectivity index (χ4n) is 2.08. The topological polar surface area (TPSA) is 60.2 Å². The molecule has 92 valence electrons. The molecule has 17 heavy (non-hydrogen) atoms. The summed E-state index contributed by atoms with van der Waals surface area (Å²) in [6.07, 6.45) is 6.95. The smallest absolute Gasteiger partial charge is 0.120 e. The molecule has 0 radical (unpaired) electrons. The van der Waals surface area contributed by atoms with Gasteiger partial charge in [0.05, 0.1) is 12.3 Å². The van der Waals surface area contributed by atoms with Crippen LogP contribution in [0.25, 0.3) is 0 Å². The van der Waals surface area contributed by atoms with Crippen LogP contribution in [0.5, 0.6) is 0 Å². The number of rotatable bonds is 4. The number of aromatic nitrogens is 1. The molecule has 1 aromatic heterocycles. The SMILES string of the molecule is CCc1cccnc1C(NN)C1=CCCCO1. The van der Waals surface area contributed by atoms with Gasteiger partial charge in [0.25, 0.3) is 0 Å². The molecule has 0 saturated heterocycles. The van der Waals surface area contributed by atoms with Crippen LogP contribution in [0.2, 0.25) is 0 Å². The second kappa shape index (κ2) is 5.80. The summed E-state index contributed by atoms with van der Waals surface area (Å²) < 4.78 is 5.66. The van der Waals surface area contributed by atoms with Crippen LogP contribution >= 0.6 is 0 Å². The number of nitrogens with zero attached hydrogens (tertiary/aromatic N) is 1. The quantitative estimate of drug-likeness (QED) is 0.615. The fraction of sp³-hybridized carbons (Fsp3) is 0.462. The minimum Gasteiger partial charge on any atom is -0.496 e. The van der Waals surface area contributed by atoms with Crippen molar-refractivity contribution in [2.24, 2.45) is 5.84 Å². The first-order valence-electron chi connectivity index (χ1n) is 6.09. The van der Waals surface area contributed by atoms with E-state index in [-0.39, 0.29) is 6.04 Å². The van der Waals surface area contributed by atoms with Gasteiger partial charge in [-0.15, -0.1) is 0 Å². The Morgan fingerprint density at radius 3 is 3.12 bits per heavy atom. The van der Waals surface area contributed by atoms with E-state index >= 15 is 0 Å². The van der Waals surface area contributed by atoms with Gasteiger partial charge in [0.15, 0.2) is 0 Å². The summed E-state index contributed by atoms with van der Waals surface area (Å²) in [5.74, 6) is 6.54. The highest BCUT2D eigenvalue weighted by Gasteiger charge is 2.21. The van der Waals surface area contributed by atoms with E-state index in [1.54, 1.807) is 6.20 Å². The van der Waals surface area contributed by atoms with E-state index in [2.05, 4.69) is 29.5 Å².